The lowest BCUT2D eigenvalue weighted by Crippen LogP contribution is -2.46. The van der Waals surface area contributed by atoms with Gasteiger partial charge in [0.15, 0.2) is 0 Å². The van der Waals surface area contributed by atoms with Crippen molar-refractivity contribution in [2.45, 2.75) is 25.4 Å². The van der Waals surface area contributed by atoms with Crippen LogP contribution in [0.3, 0.4) is 0 Å². The highest BCUT2D eigenvalue weighted by atomic mass is 19.1. The molecule has 19 heteroatoms. The van der Waals surface area contributed by atoms with Crippen LogP contribution in [-0.4, -0.2) is 54.1 Å². The Kier molecular flexibility index (Phi) is 14.7. The molecule has 3 heterocycles. The van der Waals surface area contributed by atoms with Gasteiger partial charge in [0.25, 0.3) is 11.8 Å². The van der Waals surface area contributed by atoms with Gasteiger partial charge in [-0.25, -0.2) is 28.7 Å². The summed E-state index contributed by atoms with van der Waals surface area (Å²) in [5.74, 6) is 1.07. The minimum atomic E-state index is -0.681. The van der Waals surface area contributed by atoms with Crippen molar-refractivity contribution < 1.29 is 27.8 Å². The summed E-state index contributed by atoms with van der Waals surface area (Å²) in [6.45, 7) is 7.61. The average molecular weight is 914 g/mol. The largest absolute Gasteiger partial charge is 0.457 e. The van der Waals surface area contributed by atoms with E-state index in [1.807, 2.05) is 54.6 Å². The number of nitrogens with two attached hydrogens (primary N) is 2. The number of hydrogen-bond donors (Lipinski definition) is 5. The van der Waals surface area contributed by atoms with Crippen molar-refractivity contribution in [3.05, 3.63) is 164 Å². The number of carbonyl (C=O) groups is 2. The normalized spacial score (nSPS) is 13.5. The first-order chi connectivity index (χ1) is 32.8. The van der Waals surface area contributed by atoms with Crippen LogP contribution in [0.25, 0.3) is 22.3 Å². The molecule has 68 heavy (non-hydrogen) atoms. The third kappa shape index (κ3) is 12.0. The van der Waals surface area contributed by atoms with E-state index in [1.54, 1.807) is 36.5 Å². The maximum absolute atomic E-state index is 13.5. The first kappa shape index (κ1) is 46.5. The van der Waals surface area contributed by atoms with Gasteiger partial charge in [-0.3, -0.25) is 14.3 Å². The predicted octanol–water partition coefficient (Wildman–Crippen LogP) is 7.96. The number of nitrogens with one attached hydrogen (secondary N) is 3. The molecule has 0 spiro atoms. The smallest absolute Gasteiger partial charge is 0.265 e. The first-order valence-corrected chi connectivity index (χ1v) is 20.7. The standard InChI is InChI=1S/C25H24N6O2.C24H17F2N7O2/c1-16(13-26)25(32)31-19-11-17(12-19)14-28-24-22(23(27)29-15-30-24)18-7-9-21(10-8-18)33-20-5-3-2-4-6-20;1-14(9-27)23(34)32-19-3-2-4-20(8-19)35-24-21(22(28)29-13-30-24)16-10-31-33(12-16)11-15-5-17(25)7-18(26)6-15/h2-10,15,17,19H,1,11-12,14H2,(H,31,32)(H3,27,28,29,30);2-8,10,12-13H,1,11H2,(H,32,34)(H2,28,29,30). The highest BCUT2D eigenvalue weighted by Gasteiger charge is 2.31. The zero-order valence-electron chi connectivity index (χ0n) is 36.1. The SMILES string of the molecule is C=C(C#N)C(=O)NC1CC(CNc2ncnc(N)c2-c2ccc(Oc3ccccc3)cc2)C1.C=C(C#N)C(=O)Nc1cccc(Oc2ncnc(N)c2-c2cnn(Cc3cc(F)cc(F)c3)c2)c1. The van der Waals surface area contributed by atoms with E-state index in [0.717, 1.165) is 41.5 Å². The highest BCUT2D eigenvalue weighted by molar-refractivity contribution is 6.06. The Balaban J connectivity index is 0.000000202. The Morgan fingerprint density at radius 2 is 1.40 bits per heavy atom. The molecule has 1 saturated carbocycles. The van der Waals surface area contributed by atoms with Crippen LogP contribution in [0.5, 0.6) is 23.1 Å². The molecule has 3 aromatic heterocycles. The lowest BCUT2D eigenvalue weighted by atomic mass is 9.80. The van der Waals surface area contributed by atoms with Gasteiger partial charge < -0.3 is 36.9 Å². The predicted molar refractivity (Wildman–Crippen MR) is 249 cm³/mol. The van der Waals surface area contributed by atoms with E-state index >= 15 is 0 Å². The number of rotatable bonds is 15. The fourth-order valence-electron chi connectivity index (χ4n) is 6.92. The van der Waals surface area contributed by atoms with Crippen molar-refractivity contribution in [3.63, 3.8) is 0 Å². The van der Waals surface area contributed by atoms with Crippen LogP contribution in [-0.2, 0) is 16.1 Å². The fraction of sp³-hybridized carbons (Fsp3) is 0.122. The van der Waals surface area contributed by atoms with E-state index in [9.17, 15) is 18.4 Å². The molecule has 0 atom stereocenters. The number of nitrogen functional groups attached to an aromatic ring is 2. The van der Waals surface area contributed by atoms with Crippen molar-refractivity contribution in [2.75, 3.05) is 28.6 Å². The number of anilines is 4. The van der Waals surface area contributed by atoms with Crippen molar-refractivity contribution in [1.82, 2.24) is 35.0 Å². The summed E-state index contributed by atoms with van der Waals surface area (Å²) < 4.78 is 40.3. The topological polar surface area (TPSA) is 258 Å². The number of carbonyl (C=O) groups excluding carboxylic acids is 2. The number of amides is 2. The monoisotopic (exact) mass is 913 g/mol. The van der Waals surface area contributed by atoms with Crippen LogP contribution >= 0.6 is 0 Å². The van der Waals surface area contributed by atoms with Gasteiger partial charge in [-0.15, -0.1) is 0 Å². The molecule has 7 N–H and O–H groups in total. The molecule has 2 amide bonds. The molecule has 0 bridgehead atoms. The molecule has 1 aliphatic rings. The summed E-state index contributed by atoms with van der Waals surface area (Å²) in [5.41, 5.74) is 15.2. The second-order valence-corrected chi connectivity index (χ2v) is 15.2. The maximum atomic E-state index is 13.5. The van der Waals surface area contributed by atoms with Gasteiger partial charge in [0.2, 0.25) is 5.88 Å². The summed E-state index contributed by atoms with van der Waals surface area (Å²) in [4.78, 5) is 40.4. The van der Waals surface area contributed by atoms with Crippen LogP contribution in [0.2, 0.25) is 0 Å². The fourth-order valence-corrected chi connectivity index (χ4v) is 6.92. The van der Waals surface area contributed by atoms with E-state index in [0.29, 0.717) is 52.2 Å². The van der Waals surface area contributed by atoms with Gasteiger partial charge in [-0.05, 0) is 78.4 Å². The molecule has 0 unspecified atom stereocenters. The summed E-state index contributed by atoms with van der Waals surface area (Å²) >= 11 is 0. The second-order valence-electron chi connectivity index (χ2n) is 15.2. The lowest BCUT2D eigenvalue weighted by Gasteiger charge is -2.36. The molecular formula is C49H41F2N13O4. The van der Waals surface area contributed by atoms with E-state index < -0.39 is 23.4 Å². The molecule has 4 aromatic carbocycles. The van der Waals surface area contributed by atoms with Gasteiger partial charge in [0.05, 0.1) is 23.9 Å². The molecule has 1 fully saturated rings. The van der Waals surface area contributed by atoms with Crippen molar-refractivity contribution in [1.29, 1.82) is 10.5 Å². The van der Waals surface area contributed by atoms with Crippen LogP contribution in [0.4, 0.5) is 31.9 Å². The molecule has 0 aliphatic heterocycles. The third-order valence-electron chi connectivity index (χ3n) is 10.3. The molecule has 0 radical (unpaired) electrons. The lowest BCUT2D eigenvalue weighted by molar-refractivity contribution is -0.118. The molecule has 7 aromatic rings. The van der Waals surface area contributed by atoms with Crippen LogP contribution in [0, 0.1) is 40.2 Å². The minimum Gasteiger partial charge on any atom is -0.457 e. The number of nitriles is 2. The van der Waals surface area contributed by atoms with E-state index in [-0.39, 0.29) is 35.4 Å². The quantitative estimate of drug-likeness (QED) is 0.0483. The van der Waals surface area contributed by atoms with E-state index in [2.05, 4.69) is 54.1 Å². The van der Waals surface area contributed by atoms with Gasteiger partial charge in [-0.2, -0.15) is 15.6 Å². The van der Waals surface area contributed by atoms with Crippen molar-refractivity contribution in [2.24, 2.45) is 5.92 Å². The number of para-hydroxylation sites is 1. The third-order valence-corrected chi connectivity index (χ3v) is 10.3. The molecule has 8 rings (SSSR count). The van der Waals surface area contributed by atoms with Gasteiger partial charge >= 0.3 is 0 Å². The number of aromatic nitrogens is 6. The van der Waals surface area contributed by atoms with Crippen LogP contribution in [0.15, 0.2) is 146 Å². The van der Waals surface area contributed by atoms with Crippen molar-refractivity contribution in [3.8, 4) is 57.5 Å². The maximum Gasteiger partial charge on any atom is 0.265 e. The molecule has 0 saturated heterocycles. The summed E-state index contributed by atoms with van der Waals surface area (Å²) in [7, 11) is 0. The Morgan fingerprint density at radius 3 is 2.10 bits per heavy atom. The number of hydrogen-bond acceptors (Lipinski definition) is 14. The summed E-state index contributed by atoms with van der Waals surface area (Å²) in [6, 6.07) is 30.4. The molecule has 340 valence electrons. The first-order valence-electron chi connectivity index (χ1n) is 20.7. The van der Waals surface area contributed by atoms with E-state index in [1.165, 1.54) is 41.7 Å². The number of halogens is 2. The zero-order chi connectivity index (χ0) is 48.2. The Labute approximate surface area is 388 Å². The average Bonchev–Trinajstić information content (AvgIpc) is 3.77. The van der Waals surface area contributed by atoms with Gasteiger partial charge in [0.1, 0.15) is 82.3 Å². The number of ether oxygens (including phenoxy) is 2. The van der Waals surface area contributed by atoms with Gasteiger partial charge in [-0.1, -0.05) is 49.6 Å². The Bertz CT molecular complexity index is 3050. The summed E-state index contributed by atoms with van der Waals surface area (Å²) in [6.07, 6.45) is 7.43. The van der Waals surface area contributed by atoms with Crippen LogP contribution < -0.4 is 36.9 Å². The molecular weight excluding hydrogens is 873 g/mol. The minimum absolute atomic E-state index is 0.0569. The Morgan fingerprint density at radius 1 is 0.750 bits per heavy atom. The van der Waals surface area contributed by atoms with Gasteiger partial charge in [0, 0.05) is 42.2 Å². The van der Waals surface area contributed by atoms with Crippen molar-refractivity contribution >= 4 is 35.0 Å². The second kappa shape index (κ2) is 21.5. The molecule has 17 nitrogen and oxygen atoms in total. The number of nitrogens with zero attached hydrogens (tertiary/aromatic N) is 8. The Hall–Kier alpha value is -9.49. The number of benzene rings is 4. The van der Waals surface area contributed by atoms with Crippen LogP contribution in [0.1, 0.15) is 18.4 Å². The summed E-state index contributed by atoms with van der Waals surface area (Å²) in [5, 5.41) is 30.5. The zero-order valence-corrected chi connectivity index (χ0v) is 36.1. The molecule has 1 aliphatic carbocycles. The van der Waals surface area contributed by atoms with E-state index in [4.69, 9.17) is 31.5 Å². The highest BCUT2D eigenvalue weighted by Crippen LogP contribution is 2.36.